The molecule has 8 heteroatoms. The first kappa shape index (κ1) is 21.8. The molecule has 1 fully saturated rings. The Morgan fingerprint density at radius 1 is 1.09 bits per heavy atom. The molecule has 34 heavy (non-hydrogen) atoms. The third-order valence-corrected chi connectivity index (χ3v) is 5.90. The van der Waals surface area contributed by atoms with Crippen LogP contribution in [-0.2, 0) is 6.54 Å². The minimum Gasteiger partial charge on any atom is -0.437 e. The molecule has 0 bridgehead atoms. The molecule has 0 N–H and O–H groups in total. The molecule has 0 spiro atoms. The van der Waals surface area contributed by atoms with E-state index < -0.39 is 0 Å². The Morgan fingerprint density at radius 2 is 1.97 bits per heavy atom. The van der Waals surface area contributed by atoms with Crippen LogP contribution >= 0.6 is 0 Å². The third kappa shape index (κ3) is 4.96. The van der Waals surface area contributed by atoms with Gasteiger partial charge in [0.25, 0.3) is 5.91 Å². The molecular weight excluding hydrogens is 433 g/mol. The van der Waals surface area contributed by atoms with Gasteiger partial charge in [0.2, 0.25) is 5.88 Å². The highest BCUT2D eigenvalue weighted by molar-refractivity contribution is 5.94. The number of carbonyl (C=O) groups is 1. The molecule has 4 aromatic rings. The van der Waals surface area contributed by atoms with E-state index in [1.165, 1.54) is 12.1 Å². The number of carbonyl (C=O) groups excluding carboxylic acids is 1. The van der Waals surface area contributed by atoms with Gasteiger partial charge in [0, 0.05) is 62.0 Å². The number of piperidine rings is 1. The molecule has 1 amide bonds. The molecule has 1 aliphatic rings. The molecule has 7 nitrogen and oxygen atoms in total. The van der Waals surface area contributed by atoms with Crippen molar-refractivity contribution in [2.45, 2.75) is 25.3 Å². The zero-order valence-electron chi connectivity index (χ0n) is 18.5. The van der Waals surface area contributed by atoms with E-state index in [1.807, 2.05) is 39.9 Å². The average Bonchev–Trinajstić information content (AvgIpc) is 3.37. The van der Waals surface area contributed by atoms with Crippen LogP contribution < -0.4 is 4.74 Å². The van der Waals surface area contributed by atoms with Gasteiger partial charge in [-0.05, 0) is 42.7 Å². The van der Waals surface area contributed by atoms with E-state index in [2.05, 4.69) is 15.0 Å². The van der Waals surface area contributed by atoms with E-state index in [0.717, 1.165) is 18.4 Å². The molecule has 0 aliphatic carbocycles. The zero-order chi connectivity index (χ0) is 23.3. The molecule has 1 atom stereocenters. The molecule has 3 heterocycles. The highest BCUT2D eigenvalue weighted by Crippen LogP contribution is 2.33. The van der Waals surface area contributed by atoms with E-state index in [9.17, 15) is 9.18 Å². The molecule has 0 saturated carbocycles. The summed E-state index contributed by atoms with van der Waals surface area (Å²) in [7, 11) is 0. The lowest BCUT2D eigenvalue weighted by Crippen LogP contribution is -2.39. The second kappa shape index (κ2) is 9.82. The SMILES string of the molecule is O=C(c1cccc(Cn2ccnc2)c1)N1CCC[C@H](c2nccnc2Oc2cccc(F)c2)C1. The number of rotatable bonds is 6. The molecule has 2 aromatic heterocycles. The molecule has 2 aromatic carbocycles. The Labute approximate surface area is 196 Å². The number of halogens is 1. The van der Waals surface area contributed by atoms with Crippen molar-refractivity contribution in [2.24, 2.45) is 0 Å². The molecule has 172 valence electrons. The summed E-state index contributed by atoms with van der Waals surface area (Å²) >= 11 is 0. The van der Waals surface area contributed by atoms with Crippen molar-refractivity contribution in [3.63, 3.8) is 0 Å². The van der Waals surface area contributed by atoms with E-state index in [1.54, 1.807) is 37.1 Å². The van der Waals surface area contributed by atoms with Gasteiger partial charge in [0.1, 0.15) is 17.3 Å². The minimum absolute atomic E-state index is 0.00586. The Kier molecular flexibility index (Phi) is 6.29. The number of imidazole rings is 1. The Morgan fingerprint density at radius 3 is 2.82 bits per heavy atom. The van der Waals surface area contributed by atoms with E-state index >= 15 is 0 Å². The maximum atomic E-state index is 13.6. The van der Waals surface area contributed by atoms with Gasteiger partial charge in [-0.15, -0.1) is 0 Å². The van der Waals surface area contributed by atoms with Gasteiger partial charge in [0.05, 0.1) is 6.33 Å². The largest absolute Gasteiger partial charge is 0.437 e. The van der Waals surface area contributed by atoms with Gasteiger partial charge in [0.15, 0.2) is 0 Å². The quantitative estimate of drug-likeness (QED) is 0.421. The smallest absolute Gasteiger partial charge is 0.253 e. The molecule has 0 unspecified atom stereocenters. The molecular formula is C26H24FN5O2. The lowest BCUT2D eigenvalue weighted by atomic mass is 9.94. The van der Waals surface area contributed by atoms with E-state index in [4.69, 9.17) is 4.74 Å². The van der Waals surface area contributed by atoms with Crippen molar-refractivity contribution >= 4 is 5.91 Å². The maximum absolute atomic E-state index is 13.6. The van der Waals surface area contributed by atoms with Crippen LogP contribution in [0.25, 0.3) is 0 Å². The predicted molar refractivity (Wildman–Crippen MR) is 124 cm³/mol. The summed E-state index contributed by atoms with van der Waals surface area (Å²) < 4.78 is 21.4. The summed E-state index contributed by atoms with van der Waals surface area (Å²) in [6.45, 7) is 1.86. The zero-order valence-corrected chi connectivity index (χ0v) is 18.5. The first-order valence-electron chi connectivity index (χ1n) is 11.2. The number of ether oxygens (including phenoxy) is 1. The monoisotopic (exact) mass is 457 g/mol. The number of hydrogen-bond donors (Lipinski definition) is 0. The average molecular weight is 458 g/mol. The van der Waals surface area contributed by atoms with Crippen LogP contribution in [0.2, 0.25) is 0 Å². The number of benzene rings is 2. The van der Waals surface area contributed by atoms with Crippen molar-refractivity contribution in [2.75, 3.05) is 13.1 Å². The van der Waals surface area contributed by atoms with Crippen molar-refractivity contribution < 1.29 is 13.9 Å². The lowest BCUT2D eigenvalue weighted by Gasteiger charge is -2.33. The Hall–Kier alpha value is -4.07. The van der Waals surface area contributed by atoms with Crippen molar-refractivity contribution in [3.8, 4) is 11.6 Å². The Bertz CT molecular complexity index is 1280. The number of nitrogens with zero attached hydrogens (tertiary/aromatic N) is 5. The highest BCUT2D eigenvalue weighted by atomic mass is 19.1. The van der Waals surface area contributed by atoms with Crippen molar-refractivity contribution in [1.29, 1.82) is 0 Å². The van der Waals surface area contributed by atoms with Gasteiger partial charge < -0.3 is 14.2 Å². The molecule has 1 aliphatic heterocycles. The summed E-state index contributed by atoms with van der Waals surface area (Å²) in [5.74, 6) is 0.292. The van der Waals surface area contributed by atoms with Crippen LogP contribution in [-0.4, -0.2) is 43.4 Å². The fraction of sp³-hybridized carbons (Fsp3) is 0.231. The molecule has 0 radical (unpaired) electrons. The van der Waals surface area contributed by atoms with Crippen molar-refractivity contribution in [3.05, 3.63) is 102 Å². The summed E-state index contributed by atoms with van der Waals surface area (Å²) in [6, 6.07) is 13.6. The first-order valence-corrected chi connectivity index (χ1v) is 11.2. The lowest BCUT2D eigenvalue weighted by molar-refractivity contribution is 0.0704. The van der Waals surface area contributed by atoms with E-state index in [0.29, 0.717) is 42.5 Å². The first-order chi connectivity index (χ1) is 16.7. The standard InChI is InChI=1S/C26H24FN5O2/c27-22-7-2-8-23(15-22)34-25-24(29-9-10-30-25)21-6-3-12-32(17-21)26(33)20-5-1-4-19(14-20)16-31-13-11-28-18-31/h1-2,4-5,7-11,13-15,18,21H,3,6,12,16-17H2/t21-/m0/s1. The van der Waals surface area contributed by atoms with E-state index in [-0.39, 0.29) is 17.6 Å². The Balaban J connectivity index is 1.32. The number of aromatic nitrogens is 4. The summed E-state index contributed by atoms with van der Waals surface area (Å²) in [4.78, 5) is 28.1. The van der Waals surface area contributed by atoms with Gasteiger partial charge in [-0.1, -0.05) is 18.2 Å². The predicted octanol–water partition coefficient (Wildman–Crippen LogP) is 4.67. The van der Waals surface area contributed by atoms with Crippen LogP contribution in [0.5, 0.6) is 11.6 Å². The number of amides is 1. The number of likely N-dealkylation sites (tertiary alicyclic amines) is 1. The van der Waals surface area contributed by atoms with Crippen LogP contribution in [0.15, 0.2) is 79.6 Å². The summed E-state index contributed by atoms with van der Waals surface area (Å²) in [5, 5.41) is 0. The second-order valence-corrected chi connectivity index (χ2v) is 8.33. The summed E-state index contributed by atoms with van der Waals surface area (Å²) in [5.41, 5.74) is 2.38. The second-order valence-electron chi connectivity index (χ2n) is 8.33. The van der Waals surface area contributed by atoms with Gasteiger partial charge in [-0.3, -0.25) is 9.78 Å². The molecule has 1 saturated heterocycles. The van der Waals surface area contributed by atoms with Gasteiger partial charge in [-0.25, -0.2) is 14.4 Å². The number of hydrogen-bond acceptors (Lipinski definition) is 5. The van der Waals surface area contributed by atoms with Crippen LogP contribution in [0.1, 0.15) is 40.4 Å². The maximum Gasteiger partial charge on any atom is 0.253 e. The molecule has 5 rings (SSSR count). The summed E-state index contributed by atoms with van der Waals surface area (Å²) in [6.07, 6.45) is 10.3. The van der Waals surface area contributed by atoms with Gasteiger partial charge in [-0.2, -0.15) is 0 Å². The highest BCUT2D eigenvalue weighted by Gasteiger charge is 2.29. The normalized spacial score (nSPS) is 15.8. The topological polar surface area (TPSA) is 73.1 Å². The van der Waals surface area contributed by atoms with Crippen LogP contribution in [0, 0.1) is 5.82 Å². The fourth-order valence-electron chi connectivity index (χ4n) is 4.30. The van der Waals surface area contributed by atoms with Crippen LogP contribution in [0.3, 0.4) is 0 Å². The third-order valence-electron chi connectivity index (χ3n) is 5.90. The minimum atomic E-state index is -0.382. The van der Waals surface area contributed by atoms with Crippen molar-refractivity contribution in [1.82, 2.24) is 24.4 Å². The van der Waals surface area contributed by atoms with Gasteiger partial charge >= 0.3 is 0 Å². The van der Waals surface area contributed by atoms with Crippen LogP contribution in [0.4, 0.5) is 4.39 Å². The fourth-order valence-corrected chi connectivity index (χ4v) is 4.30.